The van der Waals surface area contributed by atoms with E-state index in [-0.39, 0.29) is 12.1 Å². The zero-order valence-corrected chi connectivity index (χ0v) is 14.3. The first-order valence-electron chi connectivity index (χ1n) is 8.51. The summed E-state index contributed by atoms with van der Waals surface area (Å²) in [6, 6.07) is 4.40. The summed E-state index contributed by atoms with van der Waals surface area (Å²) < 4.78 is 5.40. The third-order valence-corrected chi connectivity index (χ3v) is 4.79. The number of carbonyl (C=O) groups excluding carboxylic acids is 1. The molecule has 2 fully saturated rings. The summed E-state index contributed by atoms with van der Waals surface area (Å²) in [5.74, 6) is 1.24. The molecular formula is C18H27N3O2. The fourth-order valence-electron chi connectivity index (χ4n) is 3.87. The normalized spacial score (nSPS) is 27.7. The van der Waals surface area contributed by atoms with E-state index in [1.165, 1.54) is 12.0 Å². The SMILES string of the molecule is CC(C)(C)OC(=O)NC1CCC2CN(Cc3ccncc3)CC21. The van der Waals surface area contributed by atoms with Crippen molar-refractivity contribution in [2.24, 2.45) is 11.8 Å². The molecule has 3 unspecified atom stereocenters. The first kappa shape index (κ1) is 16.2. The zero-order chi connectivity index (χ0) is 16.4. The third-order valence-electron chi connectivity index (χ3n) is 4.79. The van der Waals surface area contributed by atoms with Gasteiger partial charge in [-0.25, -0.2) is 4.79 Å². The first-order chi connectivity index (χ1) is 10.9. The van der Waals surface area contributed by atoms with Crippen molar-refractivity contribution in [1.29, 1.82) is 0 Å². The average Bonchev–Trinajstić information content (AvgIpc) is 3.00. The van der Waals surface area contributed by atoms with Gasteiger partial charge in [0.15, 0.2) is 0 Å². The molecule has 0 spiro atoms. The van der Waals surface area contributed by atoms with Gasteiger partial charge in [-0.1, -0.05) is 0 Å². The Labute approximate surface area is 138 Å². The molecule has 1 aromatic rings. The Morgan fingerprint density at radius 3 is 2.74 bits per heavy atom. The molecule has 1 saturated carbocycles. The highest BCUT2D eigenvalue weighted by molar-refractivity contribution is 5.68. The maximum absolute atomic E-state index is 12.0. The van der Waals surface area contributed by atoms with Crippen molar-refractivity contribution in [3.8, 4) is 0 Å². The quantitative estimate of drug-likeness (QED) is 0.931. The van der Waals surface area contributed by atoms with Gasteiger partial charge in [-0.15, -0.1) is 0 Å². The zero-order valence-electron chi connectivity index (χ0n) is 14.3. The first-order valence-corrected chi connectivity index (χ1v) is 8.51. The van der Waals surface area contributed by atoms with Gasteiger partial charge in [-0.05, 0) is 63.1 Å². The van der Waals surface area contributed by atoms with Gasteiger partial charge in [0.05, 0.1) is 0 Å². The van der Waals surface area contributed by atoms with E-state index in [0.29, 0.717) is 11.8 Å². The van der Waals surface area contributed by atoms with Crippen LogP contribution in [0.1, 0.15) is 39.2 Å². The molecule has 1 amide bonds. The number of hydrogen-bond donors (Lipinski definition) is 1. The molecule has 1 N–H and O–H groups in total. The van der Waals surface area contributed by atoms with Gasteiger partial charge in [0.25, 0.3) is 0 Å². The second kappa shape index (κ2) is 6.48. The molecule has 1 aliphatic carbocycles. The molecule has 3 rings (SSSR count). The van der Waals surface area contributed by atoms with Crippen LogP contribution < -0.4 is 5.32 Å². The molecular weight excluding hydrogens is 290 g/mol. The van der Waals surface area contributed by atoms with Gasteiger partial charge >= 0.3 is 6.09 Å². The number of fused-ring (bicyclic) bond motifs is 1. The largest absolute Gasteiger partial charge is 0.444 e. The number of pyridine rings is 1. The van der Waals surface area contributed by atoms with Crippen molar-refractivity contribution in [2.75, 3.05) is 13.1 Å². The molecule has 1 aliphatic heterocycles. The number of hydrogen-bond acceptors (Lipinski definition) is 4. The van der Waals surface area contributed by atoms with Crippen LogP contribution in [0.3, 0.4) is 0 Å². The van der Waals surface area contributed by atoms with Crippen LogP contribution in [0.25, 0.3) is 0 Å². The summed E-state index contributed by atoms with van der Waals surface area (Å²) in [6.45, 7) is 8.84. The van der Waals surface area contributed by atoms with E-state index in [4.69, 9.17) is 4.74 Å². The molecule has 23 heavy (non-hydrogen) atoms. The summed E-state index contributed by atoms with van der Waals surface area (Å²) in [5, 5.41) is 3.09. The minimum absolute atomic E-state index is 0.247. The highest BCUT2D eigenvalue weighted by atomic mass is 16.6. The highest BCUT2D eigenvalue weighted by Gasteiger charge is 2.43. The summed E-state index contributed by atoms with van der Waals surface area (Å²) in [6.07, 6.45) is 5.67. The van der Waals surface area contributed by atoms with Crippen LogP contribution in [-0.4, -0.2) is 40.7 Å². The number of nitrogens with one attached hydrogen (secondary N) is 1. The Kier molecular flexibility index (Phi) is 4.57. The molecule has 3 atom stereocenters. The van der Waals surface area contributed by atoms with Gasteiger partial charge in [-0.3, -0.25) is 9.88 Å². The van der Waals surface area contributed by atoms with Crippen LogP contribution in [0, 0.1) is 11.8 Å². The summed E-state index contributed by atoms with van der Waals surface area (Å²) in [7, 11) is 0. The van der Waals surface area contributed by atoms with Gasteiger partial charge in [0, 0.05) is 38.1 Å². The molecule has 1 saturated heterocycles. The molecule has 0 radical (unpaired) electrons. The Hall–Kier alpha value is -1.62. The van der Waals surface area contributed by atoms with Crippen molar-refractivity contribution in [3.05, 3.63) is 30.1 Å². The maximum atomic E-state index is 12.0. The molecule has 2 aliphatic rings. The number of nitrogens with zero attached hydrogens (tertiary/aromatic N) is 2. The van der Waals surface area contributed by atoms with Crippen LogP contribution >= 0.6 is 0 Å². The van der Waals surface area contributed by atoms with Crippen molar-refractivity contribution < 1.29 is 9.53 Å². The van der Waals surface area contributed by atoms with Crippen LogP contribution in [0.4, 0.5) is 4.79 Å². The highest BCUT2D eigenvalue weighted by Crippen LogP contribution is 2.38. The van der Waals surface area contributed by atoms with Gasteiger partial charge in [0.1, 0.15) is 5.60 Å². The number of carbonyl (C=O) groups is 1. The minimum atomic E-state index is -0.439. The average molecular weight is 317 g/mol. The van der Waals surface area contributed by atoms with Gasteiger partial charge in [0.2, 0.25) is 0 Å². The maximum Gasteiger partial charge on any atom is 0.407 e. The van der Waals surface area contributed by atoms with Gasteiger partial charge in [-0.2, -0.15) is 0 Å². The summed E-state index contributed by atoms with van der Waals surface area (Å²) in [4.78, 5) is 18.6. The Bertz CT molecular complexity index is 541. The molecule has 1 aromatic heterocycles. The topological polar surface area (TPSA) is 54.5 Å². The van der Waals surface area contributed by atoms with E-state index in [9.17, 15) is 4.79 Å². The number of amides is 1. The number of ether oxygens (including phenoxy) is 1. The van der Waals surface area contributed by atoms with E-state index < -0.39 is 5.60 Å². The van der Waals surface area contributed by atoms with Crippen LogP contribution in [0.5, 0.6) is 0 Å². The van der Waals surface area contributed by atoms with Crippen molar-refractivity contribution in [3.63, 3.8) is 0 Å². The Morgan fingerprint density at radius 1 is 1.30 bits per heavy atom. The Morgan fingerprint density at radius 2 is 2.04 bits per heavy atom. The molecule has 2 heterocycles. The van der Waals surface area contributed by atoms with E-state index in [1.54, 1.807) is 0 Å². The monoisotopic (exact) mass is 317 g/mol. The summed E-state index contributed by atoms with van der Waals surface area (Å²) in [5.41, 5.74) is 0.863. The van der Waals surface area contributed by atoms with E-state index in [2.05, 4.69) is 27.3 Å². The van der Waals surface area contributed by atoms with Crippen molar-refractivity contribution in [1.82, 2.24) is 15.2 Å². The lowest BCUT2D eigenvalue weighted by molar-refractivity contribution is 0.0491. The van der Waals surface area contributed by atoms with E-state index >= 15 is 0 Å². The number of aromatic nitrogens is 1. The molecule has 126 valence electrons. The predicted molar refractivity (Wildman–Crippen MR) is 88.9 cm³/mol. The second-order valence-electron chi connectivity index (χ2n) is 7.80. The number of rotatable bonds is 3. The van der Waals surface area contributed by atoms with Crippen LogP contribution in [-0.2, 0) is 11.3 Å². The second-order valence-corrected chi connectivity index (χ2v) is 7.80. The smallest absolute Gasteiger partial charge is 0.407 e. The van der Waals surface area contributed by atoms with Crippen LogP contribution in [0.15, 0.2) is 24.5 Å². The van der Waals surface area contributed by atoms with E-state index in [0.717, 1.165) is 26.1 Å². The molecule has 0 bridgehead atoms. The fraction of sp³-hybridized carbons (Fsp3) is 0.667. The van der Waals surface area contributed by atoms with Crippen molar-refractivity contribution >= 4 is 6.09 Å². The standard InChI is InChI=1S/C18H27N3O2/c1-18(2,3)23-17(22)20-16-5-4-14-11-21(12-15(14)16)10-13-6-8-19-9-7-13/h6-9,14-16H,4-5,10-12H2,1-3H3,(H,20,22). The lowest BCUT2D eigenvalue weighted by atomic mass is 9.98. The Balaban J connectivity index is 1.53. The number of alkyl carbamates (subject to hydrolysis) is 1. The lowest BCUT2D eigenvalue weighted by Gasteiger charge is -2.25. The summed E-state index contributed by atoms with van der Waals surface area (Å²) >= 11 is 0. The molecule has 5 heteroatoms. The lowest BCUT2D eigenvalue weighted by Crippen LogP contribution is -2.42. The third kappa shape index (κ3) is 4.22. The fourth-order valence-corrected chi connectivity index (χ4v) is 3.87. The predicted octanol–water partition coefficient (Wildman–Crippen LogP) is 2.82. The van der Waals surface area contributed by atoms with E-state index in [1.807, 2.05) is 33.2 Å². The minimum Gasteiger partial charge on any atom is -0.444 e. The van der Waals surface area contributed by atoms with Gasteiger partial charge < -0.3 is 10.1 Å². The van der Waals surface area contributed by atoms with Crippen molar-refractivity contribution in [2.45, 2.75) is 51.8 Å². The number of likely N-dealkylation sites (tertiary alicyclic amines) is 1. The molecule has 0 aromatic carbocycles. The van der Waals surface area contributed by atoms with Crippen LogP contribution in [0.2, 0.25) is 0 Å². The molecule has 5 nitrogen and oxygen atoms in total.